The van der Waals surface area contributed by atoms with E-state index in [0.29, 0.717) is 24.3 Å². The van der Waals surface area contributed by atoms with Crippen LogP contribution in [0.25, 0.3) is 0 Å². The van der Waals surface area contributed by atoms with E-state index in [9.17, 15) is 40.5 Å². The Labute approximate surface area is 207 Å². The van der Waals surface area contributed by atoms with Gasteiger partial charge in [-0.2, -0.15) is 0 Å². The standard InChI is InChI=1S/C27H44O8/c1-14(2)6-7-20(31)25(5,33)19-8-9-26(34)15-10-21(32)27(35)13-17(29)16(28)11-24(27,4)22(15)18(30)12-23(19,26)3/h10,14,16-20,22,28-31,33-35H,6-9,11-13H2,1-5H3/t16-,17+,18+,19-,20-,22-,23+,24+,25+,26+,27+/m0/s1. The van der Waals surface area contributed by atoms with Gasteiger partial charge in [-0.25, -0.2) is 0 Å². The minimum atomic E-state index is -1.97. The van der Waals surface area contributed by atoms with E-state index < -0.39 is 69.7 Å². The fraction of sp³-hybridized carbons (Fsp3) is 0.889. The van der Waals surface area contributed by atoms with Crippen LogP contribution in [0.5, 0.6) is 0 Å². The van der Waals surface area contributed by atoms with Crippen LogP contribution in [-0.4, -0.2) is 82.7 Å². The highest BCUT2D eigenvalue weighted by molar-refractivity contribution is 6.00. The molecule has 200 valence electrons. The summed E-state index contributed by atoms with van der Waals surface area (Å²) in [5, 5.41) is 78.4. The minimum absolute atomic E-state index is 0.0989. The van der Waals surface area contributed by atoms with Gasteiger partial charge in [-0.1, -0.05) is 27.7 Å². The van der Waals surface area contributed by atoms with E-state index in [1.807, 2.05) is 20.8 Å². The zero-order valence-electron chi connectivity index (χ0n) is 21.6. The Hall–Kier alpha value is -0.870. The Balaban J connectivity index is 1.76. The molecule has 8 nitrogen and oxygen atoms in total. The summed E-state index contributed by atoms with van der Waals surface area (Å²) in [7, 11) is 0. The lowest BCUT2D eigenvalue weighted by atomic mass is 9.43. The summed E-state index contributed by atoms with van der Waals surface area (Å²) in [6.07, 6.45) is -1.83. The molecule has 35 heavy (non-hydrogen) atoms. The Kier molecular flexibility index (Phi) is 6.46. The maximum atomic E-state index is 13.3. The monoisotopic (exact) mass is 496 g/mol. The minimum Gasteiger partial charge on any atom is -0.392 e. The highest BCUT2D eigenvalue weighted by atomic mass is 16.3. The first-order valence-corrected chi connectivity index (χ1v) is 13.1. The molecular weight excluding hydrogens is 452 g/mol. The molecule has 0 unspecified atom stereocenters. The molecule has 0 aromatic carbocycles. The number of carbonyl (C=O) groups is 1. The number of aliphatic hydroxyl groups excluding tert-OH is 4. The van der Waals surface area contributed by atoms with Crippen LogP contribution in [-0.2, 0) is 4.79 Å². The average Bonchev–Trinajstić information content (AvgIpc) is 3.01. The van der Waals surface area contributed by atoms with Gasteiger partial charge in [-0.15, -0.1) is 0 Å². The van der Waals surface area contributed by atoms with Crippen molar-refractivity contribution in [1.82, 2.24) is 0 Å². The zero-order chi connectivity index (χ0) is 26.4. The van der Waals surface area contributed by atoms with E-state index in [4.69, 9.17) is 0 Å². The molecule has 0 saturated heterocycles. The SMILES string of the molecule is CC(C)CC[C@H](O)[C@](C)(O)[C@H]1CC[C@@]2(O)C3=CC(=O)[C@]4(O)C[C@@H](O)[C@@H](O)C[C@]4(C)[C@@H]3[C@H](O)C[C@]12C. The summed E-state index contributed by atoms with van der Waals surface area (Å²) in [5.41, 5.74) is -7.02. The second-order valence-corrected chi connectivity index (χ2v) is 13.1. The predicted octanol–water partition coefficient (Wildman–Crippen LogP) is 0.825. The summed E-state index contributed by atoms with van der Waals surface area (Å²) in [4.78, 5) is 13.3. The van der Waals surface area contributed by atoms with Crippen molar-refractivity contribution in [2.45, 2.75) is 121 Å². The molecule has 0 aromatic heterocycles. The molecule has 0 aromatic rings. The van der Waals surface area contributed by atoms with Crippen molar-refractivity contribution in [2.75, 3.05) is 0 Å². The molecule has 0 radical (unpaired) electrons. The molecule has 7 N–H and O–H groups in total. The topological polar surface area (TPSA) is 159 Å². The molecule has 0 bridgehead atoms. The normalized spacial score (nSPS) is 50.1. The quantitative estimate of drug-likeness (QED) is 0.295. The molecular formula is C27H44O8. The first-order chi connectivity index (χ1) is 16.0. The zero-order valence-corrected chi connectivity index (χ0v) is 21.6. The summed E-state index contributed by atoms with van der Waals surface area (Å²) < 4.78 is 0. The van der Waals surface area contributed by atoms with Gasteiger partial charge in [-0.3, -0.25) is 4.79 Å². The molecule has 8 heteroatoms. The van der Waals surface area contributed by atoms with Crippen molar-refractivity contribution in [1.29, 1.82) is 0 Å². The maximum Gasteiger partial charge on any atom is 0.187 e. The Morgan fingerprint density at radius 1 is 0.971 bits per heavy atom. The lowest BCUT2D eigenvalue weighted by Gasteiger charge is -2.64. The molecule has 3 saturated carbocycles. The lowest BCUT2D eigenvalue weighted by molar-refractivity contribution is -0.228. The lowest BCUT2D eigenvalue weighted by Crippen LogP contribution is -2.71. The second kappa shape index (κ2) is 8.32. The van der Waals surface area contributed by atoms with Crippen LogP contribution in [0, 0.1) is 28.6 Å². The van der Waals surface area contributed by atoms with Gasteiger partial charge in [0.15, 0.2) is 5.78 Å². The molecule has 4 aliphatic carbocycles. The molecule has 0 aliphatic heterocycles. The fourth-order valence-corrected chi connectivity index (χ4v) is 8.42. The molecule has 0 heterocycles. The summed E-state index contributed by atoms with van der Waals surface area (Å²) in [5.74, 6) is -1.63. The summed E-state index contributed by atoms with van der Waals surface area (Å²) >= 11 is 0. The molecule has 4 aliphatic rings. The van der Waals surface area contributed by atoms with Gasteiger partial charge in [0.05, 0.1) is 35.6 Å². The van der Waals surface area contributed by atoms with Gasteiger partial charge in [-0.05, 0) is 68.9 Å². The maximum absolute atomic E-state index is 13.3. The van der Waals surface area contributed by atoms with Crippen molar-refractivity contribution >= 4 is 5.78 Å². The van der Waals surface area contributed by atoms with Crippen LogP contribution >= 0.6 is 0 Å². The van der Waals surface area contributed by atoms with Crippen LogP contribution in [0.3, 0.4) is 0 Å². The number of rotatable bonds is 5. The second-order valence-electron chi connectivity index (χ2n) is 13.1. The number of aliphatic hydroxyl groups is 7. The van der Waals surface area contributed by atoms with Crippen molar-refractivity contribution in [2.24, 2.45) is 28.6 Å². The van der Waals surface area contributed by atoms with Crippen LogP contribution < -0.4 is 0 Å². The van der Waals surface area contributed by atoms with Crippen molar-refractivity contribution in [3.05, 3.63) is 11.6 Å². The Morgan fingerprint density at radius 3 is 2.14 bits per heavy atom. The number of hydrogen-bond acceptors (Lipinski definition) is 8. The van der Waals surface area contributed by atoms with Crippen molar-refractivity contribution in [3.8, 4) is 0 Å². The van der Waals surface area contributed by atoms with Gasteiger partial charge < -0.3 is 35.7 Å². The highest BCUT2D eigenvalue weighted by Crippen LogP contribution is 2.69. The van der Waals surface area contributed by atoms with E-state index in [0.717, 1.165) is 6.42 Å². The predicted molar refractivity (Wildman–Crippen MR) is 128 cm³/mol. The largest absolute Gasteiger partial charge is 0.392 e. The van der Waals surface area contributed by atoms with Crippen LogP contribution in [0.2, 0.25) is 0 Å². The number of hydrogen-bond donors (Lipinski definition) is 7. The molecule has 3 fully saturated rings. The number of ketones is 1. The third-order valence-electron chi connectivity index (χ3n) is 10.6. The number of fused-ring (bicyclic) bond motifs is 5. The van der Waals surface area contributed by atoms with Gasteiger partial charge in [0.2, 0.25) is 0 Å². The van der Waals surface area contributed by atoms with Crippen molar-refractivity contribution < 1.29 is 40.5 Å². The van der Waals surface area contributed by atoms with E-state index in [1.165, 1.54) is 6.08 Å². The average molecular weight is 497 g/mol. The molecule has 11 atom stereocenters. The number of carbonyl (C=O) groups excluding carboxylic acids is 1. The fourth-order valence-electron chi connectivity index (χ4n) is 8.42. The smallest absolute Gasteiger partial charge is 0.187 e. The Morgan fingerprint density at radius 2 is 1.54 bits per heavy atom. The van der Waals surface area contributed by atoms with E-state index >= 15 is 0 Å². The first kappa shape index (κ1) is 27.2. The first-order valence-electron chi connectivity index (χ1n) is 13.1. The Bertz CT molecular complexity index is 900. The molecule has 0 spiro atoms. The van der Waals surface area contributed by atoms with Crippen LogP contribution in [0.1, 0.15) is 79.6 Å². The van der Waals surface area contributed by atoms with Gasteiger partial charge in [0.1, 0.15) is 5.60 Å². The summed E-state index contributed by atoms with van der Waals surface area (Å²) in [6, 6.07) is 0. The third-order valence-corrected chi connectivity index (χ3v) is 10.6. The molecule has 4 rings (SSSR count). The van der Waals surface area contributed by atoms with Gasteiger partial charge >= 0.3 is 0 Å². The third kappa shape index (κ3) is 3.55. The van der Waals surface area contributed by atoms with Crippen molar-refractivity contribution in [3.63, 3.8) is 0 Å². The summed E-state index contributed by atoms with van der Waals surface area (Å²) in [6.45, 7) is 9.14. The van der Waals surface area contributed by atoms with Crippen LogP contribution in [0.15, 0.2) is 11.6 Å². The molecule has 0 amide bonds. The van der Waals surface area contributed by atoms with Gasteiger partial charge in [0.25, 0.3) is 0 Å². The highest BCUT2D eigenvalue weighted by Gasteiger charge is 2.73. The van der Waals surface area contributed by atoms with Gasteiger partial charge in [0, 0.05) is 23.2 Å². The van der Waals surface area contributed by atoms with Crippen LogP contribution in [0.4, 0.5) is 0 Å². The van der Waals surface area contributed by atoms with E-state index in [1.54, 1.807) is 13.8 Å². The van der Waals surface area contributed by atoms with E-state index in [-0.39, 0.29) is 25.7 Å². The van der Waals surface area contributed by atoms with E-state index in [2.05, 4.69) is 0 Å².